The number of nitrogens with zero attached hydrogens (tertiary/aromatic N) is 1. The molecule has 0 saturated heterocycles. The van der Waals surface area contributed by atoms with Gasteiger partial charge in [-0.25, -0.2) is 21.6 Å². The second kappa shape index (κ2) is 7.77. The van der Waals surface area contributed by atoms with Crippen molar-refractivity contribution in [3.05, 3.63) is 59.2 Å². The van der Waals surface area contributed by atoms with Crippen LogP contribution in [0.2, 0.25) is 0 Å². The lowest BCUT2D eigenvalue weighted by molar-refractivity contribution is 0.578. The first-order valence-electron chi connectivity index (χ1n) is 8.12. The Bertz CT molecular complexity index is 962. The van der Waals surface area contributed by atoms with E-state index in [1.165, 1.54) is 16.4 Å². The molecule has 0 spiro atoms. The standard InChI is InChI=1S/C18H24N2O4S2/c1-14-8-10-17(11-9-14)26(23,24)19-12-13-20(25(4,21)22)18-15(2)6-5-7-16(18)3/h5-11,19H,12-13H2,1-4H3. The van der Waals surface area contributed by atoms with Gasteiger partial charge in [0, 0.05) is 13.1 Å². The summed E-state index contributed by atoms with van der Waals surface area (Å²) in [5, 5.41) is 0. The van der Waals surface area contributed by atoms with Gasteiger partial charge in [0.1, 0.15) is 0 Å². The summed E-state index contributed by atoms with van der Waals surface area (Å²) in [5.74, 6) is 0. The highest BCUT2D eigenvalue weighted by molar-refractivity contribution is 7.92. The van der Waals surface area contributed by atoms with Gasteiger partial charge in [-0.05, 0) is 44.0 Å². The summed E-state index contributed by atoms with van der Waals surface area (Å²) in [6.07, 6.45) is 1.12. The quantitative estimate of drug-likeness (QED) is 0.779. The lowest BCUT2D eigenvalue weighted by atomic mass is 10.1. The molecular weight excluding hydrogens is 372 g/mol. The molecule has 8 heteroatoms. The molecule has 6 nitrogen and oxygen atoms in total. The predicted octanol–water partition coefficient (Wildman–Crippen LogP) is 2.36. The van der Waals surface area contributed by atoms with Crippen LogP contribution in [0.5, 0.6) is 0 Å². The highest BCUT2D eigenvalue weighted by atomic mass is 32.2. The second-order valence-electron chi connectivity index (χ2n) is 6.29. The van der Waals surface area contributed by atoms with Crippen LogP contribution in [0.15, 0.2) is 47.4 Å². The molecule has 0 amide bonds. The van der Waals surface area contributed by atoms with Gasteiger partial charge >= 0.3 is 0 Å². The Kier molecular flexibility index (Phi) is 6.10. The zero-order chi connectivity index (χ0) is 19.5. The van der Waals surface area contributed by atoms with Crippen LogP contribution in [-0.4, -0.2) is 36.2 Å². The van der Waals surface area contributed by atoms with Gasteiger partial charge in [0.15, 0.2) is 0 Å². The lowest BCUT2D eigenvalue weighted by Gasteiger charge is -2.26. The van der Waals surface area contributed by atoms with Crippen molar-refractivity contribution in [3.8, 4) is 0 Å². The van der Waals surface area contributed by atoms with Crippen LogP contribution >= 0.6 is 0 Å². The fraction of sp³-hybridized carbons (Fsp3) is 0.333. The van der Waals surface area contributed by atoms with E-state index in [-0.39, 0.29) is 18.0 Å². The molecule has 0 aromatic heterocycles. The van der Waals surface area contributed by atoms with E-state index in [4.69, 9.17) is 0 Å². The third-order valence-electron chi connectivity index (χ3n) is 4.03. The third kappa shape index (κ3) is 4.84. The Balaban J connectivity index is 2.20. The highest BCUT2D eigenvalue weighted by Crippen LogP contribution is 2.26. The van der Waals surface area contributed by atoms with E-state index in [0.29, 0.717) is 5.69 Å². The van der Waals surface area contributed by atoms with E-state index in [1.54, 1.807) is 12.1 Å². The Morgan fingerprint density at radius 3 is 1.92 bits per heavy atom. The van der Waals surface area contributed by atoms with Gasteiger partial charge in [-0.1, -0.05) is 35.9 Å². The van der Waals surface area contributed by atoms with E-state index in [9.17, 15) is 16.8 Å². The smallest absolute Gasteiger partial charge is 0.240 e. The summed E-state index contributed by atoms with van der Waals surface area (Å²) < 4.78 is 52.9. The predicted molar refractivity (Wildman–Crippen MR) is 104 cm³/mol. The molecular formula is C18H24N2O4S2. The molecule has 0 aliphatic carbocycles. The summed E-state index contributed by atoms with van der Waals surface area (Å²) in [6.45, 7) is 5.51. The van der Waals surface area contributed by atoms with E-state index >= 15 is 0 Å². The molecule has 0 unspecified atom stereocenters. The number of benzene rings is 2. The topological polar surface area (TPSA) is 83.6 Å². The Hall–Kier alpha value is -1.90. The number of hydrogen-bond donors (Lipinski definition) is 1. The van der Waals surface area contributed by atoms with Crippen molar-refractivity contribution in [1.29, 1.82) is 0 Å². The zero-order valence-corrected chi connectivity index (χ0v) is 17.0. The van der Waals surface area contributed by atoms with Crippen LogP contribution in [-0.2, 0) is 20.0 Å². The van der Waals surface area contributed by atoms with Crippen LogP contribution in [0, 0.1) is 20.8 Å². The van der Waals surface area contributed by atoms with E-state index in [2.05, 4.69) is 4.72 Å². The van der Waals surface area contributed by atoms with Crippen molar-refractivity contribution in [2.24, 2.45) is 0 Å². The van der Waals surface area contributed by atoms with Crippen molar-refractivity contribution in [2.45, 2.75) is 25.7 Å². The van der Waals surface area contributed by atoms with Crippen molar-refractivity contribution < 1.29 is 16.8 Å². The first kappa shape index (κ1) is 20.4. The summed E-state index contributed by atoms with van der Waals surface area (Å²) >= 11 is 0. The van der Waals surface area contributed by atoms with Crippen LogP contribution in [0.25, 0.3) is 0 Å². The van der Waals surface area contributed by atoms with Crippen molar-refractivity contribution in [2.75, 3.05) is 23.7 Å². The van der Waals surface area contributed by atoms with Crippen molar-refractivity contribution >= 4 is 25.7 Å². The fourth-order valence-corrected chi connectivity index (χ4v) is 4.79. The number of para-hydroxylation sites is 1. The molecule has 2 rings (SSSR count). The molecule has 0 aliphatic heterocycles. The normalized spacial score (nSPS) is 12.2. The summed E-state index contributed by atoms with van der Waals surface area (Å²) in [7, 11) is -7.24. The third-order valence-corrected chi connectivity index (χ3v) is 6.67. The number of hydrogen-bond acceptors (Lipinski definition) is 4. The molecule has 2 aromatic rings. The van der Waals surface area contributed by atoms with Crippen LogP contribution in [0.1, 0.15) is 16.7 Å². The highest BCUT2D eigenvalue weighted by Gasteiger charge is 2.22. The molecule has 26 heavy (non-hydrogen) atoms. The minimum Gasteiger partial charge on any atom is -0.269 e. The maximum absolute atomic E-state index is 12.4. The van der Waals surface area contributed by atoms with Gasteiger partial charge in [0.05, 0.1) is 16.8 Å². The van der Waals surface area contributed by atoms with Gasteiger partial charge < -0.3 is 0 Å². The van der Waals surface area contributed by atoms with E-state index in [0.717, 1.165) is 22.9 Å². The fourth-order valence-electron chi connectivity index (χ4n) is 2.72. The summed E-state index contributed by atoms with van der Waals surface area (Å²) in [6, 6.07) is 12.0. The number of rotatable bonds is 7. The van der Waals surface area contributed by atoms with Gasteiger partial charge in [-0.3, -0.25) is 4.31 Å². The molecule has 1 N–H and O–H groups in total. The summed E-state index contributed by atoms with van der Waals surface area (Å²) in [4.78, 5) is 0.154. The number of sulfonamides is 2. The van der Waals surface area contributed by atoms with Gasteiger partial charge in [-0.2, -0.15) is 0 Å². The Morgan fingerprint density at radius 2 is 1.42 bits per heavy atom. The van der Waals surface area contributed by atoms with Crippen LogP contribution in [0.4, 0.5) is 5.69 Å². The van der Waals surface area contributed by atoms with Crippen LogP contribution < -0.4 is 9.03 Å². The number of nitrogens with one attached hydrogen (secondary N) is 1. The van der Waals surface area contributed by atoms with Crippen molar-refractivity contribution in [3.63, 3.8) is 0 Å². The molecule has 0 atom stereocenters. The minimum atomic E-state index is -3.69. The molecule has 0 aliphatic rings. The maximum atomic E-state index is 12.4. The molecule has 2 aromatic carbocycles. The minimum absolute atomic E-state index is 0.00954. The number of anilines is 1. The molecule has 0 heterocycles. The molecule has 0 saturated carbocycles. The van der Waals surface area contributed by atoms with Gasteiger partial charge in [-0.15, -0.1) is 0 Å². The van der Waals surface area contributed by atoms with Crippen molar-refractivity contribution in [1.82, 2.24) is 4.72 Å². The Labute approximate surface area is 156 Å². The second-order valence-corrected chi connectivity index (χ2v) is 9.96. The first-order valence-corrected chi connectivity index (χ1v) is 11.5. The average Bonchev–Trinajstić information content (AvgIpc) is 2.52. The van der Waals surface area contributed by atoms with Gasteiger partial charge in [0.2, 0.25) is 20.0 Å². The first-order chi connectivity index (χ1) is 12.0. The maximum Gasteiger partial charge on any atom is 0.240 e. The molecule has 0 fully saturated rings. The SMILES string of the molecule is Cc1ccc(S(=O)(=O)NCCN(c2c(C)cccc2C)S(C)(=O)=O)cc1. The molecule has 0 bridgehead atoms. The average molecular weight is 397 g/mol. The van der Waals surface area contributed by atoms with Crippen LogP contribution in [0.3, 0.4) is 0 Å². The lowest BCUT2D eigenvalue weighted by Crippen LogP contribution is -2.38. The summed E-state index contributed by atoms with van der Waals surface area (Å²) in [5.41, 5.74) is 3.18. The largest absolute Gasteiger partial charge is 0.269 e. The zero-order valence-electron chi connectivity index (χ0n) is 15.4. The monoisotopic (exact) mass is 396 g/mol. The molecule has 0 radical (unpaired) electrons. The van der Waals surface area contributed by atoms with E-state index < -0.39 is 20.0 Å². The molecule has 142 valence electrons. The van der Waals surface area contributed by atoms with Gasteiger partial charge in [0.25, 0.3) is 0 Å². The van der Waals surface area contributed by atoms with E-state index in [1.807, 2.05) is 39.0 Å². The number of aryl methyl sites for hydroxylation is 3. The Morgan fingerprint density at radius 1 is 0.885 bits per heavy atom.